The molecule has 0 saturated carbocycles. The van der Waals surface area contributed by atoms with Crippen LogP contribution in [-0.4, -0.2) is 16.1 Å². The highest BCUT2D eigenvalue weighted by atomic mass is 35.5. The number of hydrogen-bond donors (Lipinski definition) is 2. The summed E-state index contributed by atoms with van der Waals surface area (Å²) in [6, 6.07) is 9.33. The molecule has 2 N–H and O–H groups in total. The number of carboxylic acids is 1. The Morgan fingerprint density at radius 3 is 2.45 bits per heavy atom. The number of anilines is 2. The molecule has 4 nitrogen and oxygen atoms in total. The van der Waals surface area contributed by atoms with Gasteiger partial charge in [-0.2, -0.15) is 0 Å². The second-order valence-corrected chi connectivity index (χ2v) is 5.17. The minimum absolute atomic E-state index is 0.0655. The maximum Gasteiger partial charge on any atom is 0.337 e. The van der Waals surface area contributed by atoms with Gasteiger partial charge in [0.15, 0.2) is 0 Å². The molecule has 2 aromatic rings. The second-order valence-electron chi connectivity index (χ2n) is 4.76. The van der Waals surface area contributed by atoms with Crippen LogP contribution in [0.5, 0.6) is 0 Å². The lowest BCUT2D eigenvalue weighted by Crippen LogP contribution is -2.00. The first-order chi connectivity index (χ1) is 9.47. The average Bonchev–Trinajstić information content (AvgIpc) is 2.41. The van der Waals surface area contributed by atoms with Crippen molar-refractivity contribution in [1.29, 1.82) is 0 Å². The third kappa shape index (κ3) is 3.27. The number of halogens is 1. The van der Waals surface area contributed by atoms with Crippen molar-refractivity contribution in [2.45, 2.75) is 19.8 Å². The lowest BCUT2D eigenvalue weighted by atomic mass is 10.0. The molecule has 0 radical (unpaired) electrons. The van der Waals surface area contributed by atoms with Crippen LogP contribution >= 0.6 is 11.6 Å². The van der Waals surface area contributed by atoms with Crippen molar-refractivity contribution in [2.75, 3.05) is 5.32 Å². The average molecular weight is 291 g/mol. The monoisotopic (exact) mass is 290 g/mol. The van der Waals surface area contributed by atoms with Gasteiger partial charge in [-0.3, -0.25) is 0 Å². The summed E-state index contributed by atoms with van der Waals surface area (Å²) in [6.07, 6.45) is 1.28. The Labute approximate surface area is 122 Å². The Morgan fingerprint density at radius 2 is 1.95 bits per heavy atom. The lowest BCUT2D eigenvalue weighted by molar-refractivity contribution is 0.0696. The molecule has 2 rings (SSSR count). The molecule has 0 bridgehead atoms. The van der Waals surface area contributed by atoms with Gasteiger partial charge in [-0.15, -0.1) is 0 Å². The van der Waals surface area contributed by atoms with Gasteiger partial charge < -0.3 is 10.4 Å². The number of aromatic nitrogens is 1. The van der Waals surface area contributed by atoms with Crippen molar-refractivity contribution >= 4 is 29.1 Å². The highest BCUT2D eigenvalue weighted by Crippen LogP contribution is 2.25. The molecule has 1 heterocycles. The predicted molar refractivity (Wildman–Crippen MR) is 80.0 cm³/mol. The molecule has 0 amide bonds. The van der Waals surface area contributed by atoms with Gasteiger partial charge in [-0.25, -0.2) is 9.78 Å². The summed E-state index contributed by atoms with van der Waals surface area (Å²) in [5, 5.41) is 12.2. The van der Waals surface area contributed by atoms with Gasteiger partial charge in [0.2, 0.25) is 0 Å². The van der Waals surface area contributed by atoms with Crippen molar-refractivity contribution in [2.24, 2.45) is 0 Å². The summed E-state index contributed by atoms with van der Waals surface area (Å²) >= 11 is 6.02. The minimum atomic E-state index is -1.05. The predicted octanol–water partition coefficient (Wildman–Crippen LogP) is 4.30. The zero-order chi connectivity index (χ0) is 14.7. The normalized spacial score (nSPS) is 10.6. The van der Waals surface area contributed by atoms with Crippen molar-refractivity contribution in [1.82, 2.24) is 4.98 Å². The highest BCUT2D eigenvalue weighted by molar-refractivity contribution is 6.33. The first kappa shape index (κ1) is 14.3. The van der Waals surface area contributed by atoms with Crippen LogP contribution in [0.3, 0.4) is 0 Å². The fourth-order valence-corrected chi connectivity index (χ4v) is 1.95. The van der Waals surface area contributed by atoms with E-state index in [1.807, 2.05) is 24.3 Å². The molecule has 0 fully saturated rings. The molecule has 1 aromatic heterocycles. The maximum absolute atomic E-state index is 10.8. The Kier molecular flexibility index (Phi) is 4.25. The molecule has 0 atom stereocenters. The molecule has 0 saturated heterocycles. The molecule has 104 valence electrons. The second kappa shape index (κ2) is 5.92. The van der Waals surface area contributed by atoms with Crippen LogP contribution in [0.25, 0.3) is 0 Å². The van der Waals surface area contributed by atoms with E-state index < -0.39 is 5.97 Å². The number of carbonyl (C=O) groups is 1. The molecule has 0 aliphatic heterocycles. The van der Waals surface area contributed by atoms with E-state index in [9.17, 15) is 4.79 Å². The molecule has 0 aliphatic carbocycles. The first-order valence-electron chi connectivity index (χ1n) is 6.23. The Balaban J connectivity index is 2.19. The maximum atomic E-state index is 10.8. The van der Waals surface area contributed by atoms with Crippen molar-refractivity contribution < 1.29 is 9.90 Å². The van der Waals surface area contributed by atoms with Crippen LogP contribution in [0.2, 0.25) is 5.02 Å². The molecule has 0 unspecified atom stereocenters. The zero-order valence-electron chi connectivity index (χ0n) is 11.2. The van der Waals surface area contributed by atoms with Crippen LogP contribution in [0.4, 0.5) is 11.5 Å². The van der Waals surface area contributed by atoms with Crippen molar-refractivity contribution in [3.8, 4) is 0 Å². The highest BCUT2D eigenvalue weighted by Gasteiger charge is 2.08. The van der Waals surface area contributed by atoms with Gasteiger partial charge in [-0.1, -0.05) is 37.6 Å². The number of nitrogens with zero attached hydrogens (tertiary/aromatic N) is 1. The molecule has 1 aromatic carbocycles. The molecule has 0 aliphatic rings. The van der Waals surface area contributed by atoms with Gasteiger partial charge in [0.1, 0.15) is 5.82 Å². The standard InChI is InChI=1S/C15H15ClN2O2/c1-9(2)10-3-5-12(6-4-10)18-14-13(16)7-11(8-17-14)15(19)20/h3-9H,1-2H3,(H,17,18)(H,19,20). The largest absolute Gasteiger partial charge is 0.478 e. The van der Waals surface area contributed by atoms with Gasteiger partial charge >= 0.3 is 5.97 Å². The van der Waals surface area contributed by atoms with Crippen molar-refractivity contribution in [3.63, 3.8) is 0 Å². The quantitative estimate of drug-likeness (QED) is 0.881. The number of benzene rings is 1. The van der Waals surface area contributed by atoms with Gasteiger partial charge in [0.05, 0.1) is 10.6 Å². The van der Waals surface area contributed by atoms with E-state index in [4.69, 9.17) is 16.7 Å². The Hall–Kier alpha value is -2.07. The summed E-state index contributed by atoms with van der Waals surface area (Å²) in [4.78, 5) is 14.8. The Bertz CT molecular complexity index is 624. The molecular formula is C15H15ClN2O2. The lowest BCUT2D eigenvalue weighted by Gasteiger charge is -2.10. The third-order valence-corrected chi connectivity index (χ3v) is 3.22. The van der Waals surface area contributed by atoms with E-state index in [0.717, 1.165) is 5.69 Å². The van der Waals surface area contributed by atoms with Crippen LogP contribution in [-0.2, 0) is 0 Å². The topological polar surface area (TPSA) is 62.2 Å². The van der Waals surface area contributed by atoms with Crippen molar-refractivity contribution in [3.05, 3.63) is 52.7 Å². The summed E-state index contributed by atoms with van der Waals surface area (Å²) in [5.74, 6) is -0.137. The van der Waals surface area contributed by atoms with Crippen LogP contribution < -0.4 is 5.32 Å². The summed E-state index contributed by atoms with van der Waals surface area (Å²) in [7, 11) is 0. The van der Waals surface area contributed by atoms with E-state index in [2.05, 4.69) is 24.1 Å². The zero-order valence-corrected chi connectivity index (χ0v) is 12.0. The number of rotatable bonds is 4. The van der Waals surface area contributed by atoms with E-state index in [-0.39, 0.29) is 10.6 Å². The molecule has 20 heavy (non-hydrogen) atoms. The van der Waals surface area contributed by atoms with Crippen LogP contribution in [0.1, 0.15) is 35.7 Å². The number of pyridine rings is 1. The van der Waals surface area contributed by atoms with Gasteiger partial charge in [0.25, 0.3) is 0 Å². The molecular weight excluding hydrogens is 276 g/mol. The first-order valence-corrected chi connectivity index (χ1v) is 6.61. The van der Waals surface area contributed by atoms with E-state index in [0.29, 0.717) is 11.7 Å². The summed E-state index contributed by atoms with van der Waals surface area (Å²) in [5.41, 5.74) is 2.17. The number of aromatic carboxylic acids is 1. The fourth-order valence-electron chi connectivity index (χ4n) is 1.73. The number of nitrogens with one attached hydrogen (secondary N) is 1. The van der Waals surface area contributed by atoms with Gasteiger partial charge in [0, 0.05) is 11.9 Å². The Morgan fingerprint density at radius 1 is 1.30 bits per heavy atom. The summed E-state index contributed by atoms with van der Waals surface area (Å²) < 4.78 is 0. The number of hydrogen-bond acceptors (Lipinski definition) is 3. The van der Waals surface area contributed by atoms with E-state index in [1.165, 1.54) is 17.8 Å². The van der Waals surface area contributed by atoms with E-state index in [1.54, 1.807) is 0 Å². The minimum Gasteiger partial charge on any atom is -0.478 e. The van der Waals surface area contributed by atoms with Gasteiger partial charge in [-0.05, 0) is 29.7 Å². The smallest absolute Gasteiger partial charge is 0.337 e. The van der Waals surface area contributed by atoms with Crippen LogP contribution in [0.15, 0.2) is 36.5 Å². The summed E-state index contributed by atoms with van der Waals surface area (Å²) in [6.45, 7) is 4.26. The molecule has 0 spiro atoms. The number of carboxylic acid groups (broad SMARTS) is 1. The molecule has 5 heteroatoms. The van der Waals surface area contributed by atoms with Crippen LogP contribution in [0, 0.1) is 0 Å². The van der Waals surface area contributed by atoms with E-state index >= 15 is 0 Å². The fraction of sp³-hybridized carbons (Fsp3) is 0.200. The SMILES string of the molecule is CC(C)c1ccc(Nc2ncc(C(=O)O)cc2Cl)cc1. The third-order valence-electron chi connectivity index (χ3n) is 2.93.